The number of benzene rings is 1. The number of hydrogen-bond donors (Lipinski definition) is 1. The molecule has 0 spiro atoms. The van der Waals surface area contributed by atoms with E-state index in [1.54, 1.807) is 7.11 Å². The topological polar surface area (TPSA) is 21.3 Å². The van der Waals surface area contributed by atoms with Gasteiger partial charge in [0.25, 0.3) is 0 Å². The van der Waals surface area contributed by atoms with Crippen LogP contribution in [0, 0.1) is 11.2 Å². The lowest BCUT2D eigenvalue weighted by Crippen LogP contribution is -2.25. The Morgan fingerprint density at radius 1 is 1.20 bits per heavy atom. The molecule has 1 rings (SSSR count). The van der Waals surface area contributed by atoms with E-state index in [-0.39, 0.29) is 11.1 Å². The van der Waals surface area contributed by atoms with E-state index in [0.717, 1.165) is 18.6 Å². The highest BCUT2D eigenvalue weighted by molar-refractivity contribution is 5.47. The quantitative estimate of drug-likeness (QED) is 0.789. The van der Waals surface area contributed by atoms with Crippen LogP contribution in [0.3, 0.4) is 0 Å². The lowest BCUT2D eigenvalue weighted by atomic mass is 9.89. The van der Waals surface area contributed by atoms with E-state index in [4.69, 9.17) is 4.74 Å². The molecule has 0 aliphatic heterocycles. The van der Waals surface area contributed by atoms with Gasteiger partial charge in [-0.15, -0.1) is 0 Å². The molecular weight excluding hydrogens is 274 g/mol. The normalized spacial score (nSPS) is 12.6. The maximum absolute atomic E-state index is 13.6. The first-order valence-electron chi connectivity index (χ1n) is 6.25. The molecule has 0 atom stereocenters. The summed E-state index contributed by atoms with van der Waals surface area (Å²) in [5.74, 6) is -0.901. The van der Waals surface area contributed by atoms with Crippen LogP contribution in [-0.2, 0) is 10.9 Å². The molecule has 1 aromatic rings. The predicted molar refractivity (Wildman–Crippen MR) is 70.2 cm³/mol. The van der Waals surface area contributed by atoms with Gasteiger partial charge in [0, 0.05) is 20.3 Å². The summed E-state index contributed by atoms with van der Waals surface area (Å²) in [4.78, 5) is 0. The molecule has 0 fully saturated rings. The SMILES string of the molecule is COCCC(C)(C)CNc1ccc(C(F)(F)F)cc1F. The van der Waals surface area contributed by atoms with Crippen molar-refractivity contribution in [2.45, 2.75) is 26.4 Å². The van der Waals surface area contributed by atoms with Crippen LogP contribution in [0.2, 0.25) is 0 Å². The van der Waals surface area contributed by atoms with Crippen LogP contribution in [0.4, 0.5) is 23.2 Å². The molecule has 0 heterocycles. The summed E-state index contributed by atoms with van der Waals surface area (Å²) in [6, 6.07) is 2.49. The second-order valence-corrected chi connectivity index (χ2v) is 5.45. The fourth-order valence-electron chi connectivity index (χ4n) is 1.64. The number of rotatable bonds is 6. The average molecular weight is 293 g/mol. The molecule has 0 radical (unpaired) electrons. The monoisotopic (exact) mass is 293 g/mol. The smallest absolute Gasteiger partial charge is 0.385 e. The molecule has 20 heavy (non-hydrogen) atoms. The molecule has 0 amide bonds. The van der Waals surface area contributed by atoms with E-state index in [0.29, 0.717) is 19.2 Å². The van der Waals surface area contributed by atoms with Gasteiger partial charge in [0.05, 0.1) is 11.3 Å². The molecule has 0 bridgehead atoms. The fourth-order valence-corrected chi connectivity index (χ4v) is 1.64. The van der Waals surface area contributed by atoms with Gasteiger partial charge in [0.2, 0.25) is 0 Å². The van der Waals surface area contributed by atoms with Crippen LogP contribution in [0.5, 0.6) is 0 Å². The third kappa shape index (κ3) is 5.00. The molecule has 2 nitrogen and oxygen atoms in total. The van der Waals surface area contributed by atoms with Crippen LogP contribution >= 0.6 is 0 Å². The molecule has 0 aliphatic carbocycles. The Hall–Kier alpha value is -1.30. The summed E-state index contributed by atoms with van der Waals surface area (Å²) in [5, 5.41) is 2.84. The lowest BCUT2D eigenvalue weighted by molar-refractivity contribution is -0.137. The van der Waals surface area contributed by atoms with Gasteiger partial charge in [0.15, 0.2) is 0 Å². The molecule has 0 saturated heterocycles. The van der Waals surface area contributed by atoms with Crippen LogP contribution in [0.25, 0.3) is 0 Å². The van der Waals surface area contributed by atoms with E-state index in [1.165, 1.54) is 0 Å². The Morgan fingerprint density at radius 2 is 1.85 bits per heavy atom. The Balaban J connectivity index is 2.70. The van der Waals surface area contributed by atoms with Crippen LogP contribution in [0.1, 0.15) is 25.8 Å². The number of methoxy groups -OCH3 is 1. The molecule has 1 N–H and O–H groups in total. The largest absolute Gasteiger partial charge is 0.416 e. The molecule has 0 aliphatic rings. The highest BCUT2D eigenvalue weighted by Gasteiger charge is 2.31. The number of ether oxygens (including phenoxy) is 1. The van der Waals surface area contributed by atoms with Crippen molar-refractivity contribution in [2.75, 3.05) is 25.6 Å². The highest BCUT2D eigenvalue weighted by atomic mass is 19.4. The summed E-state index contributed by atoms with van der Waals surface area (Å²) in [6.07, 6.45) is -3.77. The van der Waals surface area contributed by atoms with Gasteiger partial charge in [-0.1, -0.05) is 13.8 Å². The summed E-state index contributed by atoms with van der Waals surface area (Å²) in [7, 11) is 1.60. The number of nitrogens with one attached hydrogen (secondary N) is 1. The van der Waals surface area contributed by atoms with Crippen molar-refractivity contribution < 1.29 is 22.3 Å². The molecular formula is C14H19F4NO. The molecule has 6 heteroatoms. The van der Waals surface area contributed by atoms with Gasteiger partial charge >= 0.3 is 6.18 Å². The van der Waals surface area contributed by atoms with Crippen molar-refractivity contribution in [2.24, 2.45) is 5.41 Å². The van der Waals surface area contributed by atoms with Crippen LogP contribution < -0.4 is 5.32 Å². The Kier molecular flexibility index (Phi) is 5.39. The zero-order valence-corrected chi connectivity index (χ0v) is 11.8. The zero-order valence-electron chi connectivity index (χ0n) is 11.8. The van der Waals surface area contributed by atoms with E-state index in [1.807, 2.05) is 13.8 Å². The maximum atomic E-state index is 13.6. The van der Waals surface area contributed by atoms with E-state index >= 15 is 0 Å². The van der Waals surface area contributed by atoms with Crippen molar-refractivity contribution in [1.82, 2.24) is 0 Å². The van der Waals surface area contributed by atoms with Crippen molar-refractivity contribution in [3.8, 4) is 0 Å². The number of alkyl halides is 3. The number of halogens is 4. The van der Waals surface area contributed by atoms with Gasteiger partial charge in [-0.05, 0) is 30.0 Å². The van der Waals surface area contributed by atoms with Crippen LogP contribution in [-0.4, -0.2) is 20.3 Å². The molecule has 114 valence electrons. The molecule has 0 unspecified atom stereocenters. The van der Waals surface area contributed by atoms with Gasteiger partial charge < -0.3 is 10.1 Å². The van der Waals surface area contributed by atoms with Crippen LogP contribution in [0.15, 0.2) is 18.2 Å². The first-order valence-corrected chi connectivity index (χ1v) is 6.25. The minimum Gasteiger partial charge on any atom is -0.385 e. The Morgan fingerprint density at radius 3 is 2.35 bits per heavy atom. The highest BCUT2D eigenvalue weighted by Crippen LogP contribution is 2.31. The van der Waals surface area contributed by atoms with Crippen molar-refractivity contribution in [3.05, 3.63) is 29.6 Å². The van der Waals surface area contributed by atoms with E-state index in [2.05, 4.69) is 5.32 Å². The second kappa shape index (κ2) is 6.43. The van der Waals surface area contributed by atoms with Gasteiger partial charge in [-0.2, -0.15) is 13.2 Å². The van der Waals surface area contributed by atoms with E-state index in [9.17, 15) is 17.6 Å². The van der Waals surface area contributed by atoms with Gasteiger partial charge in [-0.3, -0.25) is 0 Å². The molecule has 1 aromatic carbocycles. The Bertz CT molecular complexity index is 443. The summed E-state index contributed by atoms with van der Waals surface area (Å²) in [5.41, 5.74) is -1.06. The first kappa shape index (κ1) is 16.8. The summed E-state index contributed by atoms with van der Waals surface area (Å²) >= 11 is 0. The number of hydrogen-bond acceptors (Lipinski definition) is 2. The molecule has 0 aromatic heterocycles. The van der Waals surface area contributed by atoms with Crippen molar-refractivity contribution in [1.29, 1.82) is 0 Å². The summed E-state index contributed by atoms with van der Waals surface area (Å²) < 4.78 is 55.8. The maximum Gasteiger partial charge on any atom is 0.416 e. The Labute approximate surface area is 116 Å². The fraction of sp³-hybridized carbons (Fsp3) is 0.571. The van der Waals surface area contributed by atoms with E-state index < -0.39 is 17.6 Å². The van der Waals surface area contributed by atoms with Crippen molar-refractivity contribution >= 4 is 5.69 Å². The van der Waals surface area contributed by atoms with Gasteiger partial charge in [-0.25, -0.2) is 4.39 Å². The molecule has 0 saturated carbocycles. The summed E-state index contributed by atoms with van der Waals surface area (Å²) in [6.45, 7) is 4.96. The zero-order chi connectivity index (χ0) is 15.4. The minimum absolute atomic E-state index is 0.0727. The first-order chi connectivity index (χ1) is 9.15. The second-order valence-electron chi connectivity index (χ2n) is 5.45. The third-order valence-electron chi connectivity index (χ3n) is 3.04. The minimum atomic E-state index is -4.53. The standard InChI is InChI=1S/C14H19F4NO/c1-13(2,6-7-20-3)9-19-12-5-4-10(8-11(12)15)14(16,17)18/h4-5,8,19H,6-7,9H2,1-3H3. The third-order valence-corrected chi connectivity index (χ3v) is 3.04. The predicted octanol–water partition coefficient (Wildman–Crippen LogP) is 4.32. The number of anilines is 1. The van der Waals surface area contributed by atoms with Crippen molar-refractivity contribution in [3.63, 3.8) is 0 Å². The lowest BCUT2D eigenvalue weighted by Gasteiger charge is -2.25. The van der Waals surface area contributed by atoms with Gasteiger partial charge in [0.1, 0.15) is 5.82 Å². The average Bonchev–Trinajstić information content (AvgIpc) is 2.34.